The van der Waals surface area contributed by atoms with Crippen molar-refractivity contribution in [1.82, 2.24) is 29.1 Å². The summed E-state index contributed by atoms with van der Waals surface area (Å²) >= 11 is 6.24. The van der Waals surface area contributed by atoms with E-state index in [1.54, 1.807) is 36.5 Å². The van der Waals surface area contributed by atoms with Crippen LogP contribution in [0.15, 0.2) is 120 Å². The molecule has 9 rings (SSSR count). The van der Waals surface area contributed by atoms with Crippen LogP contribution in [0.2, 0.25) is 5.02 Å². The van der Waals surface area contributed by atoms with Crippen molar-refractivity contribution in [3.63, 3.8) is 0 Å². The summed E-state index contributed by atoms with van der Waals surface area (Å²) in [5.74, 6) is 0.0365. The fourth-order valence-corrected chi connectivity index (χ4v) is 9.27. The monoisotopic (exact) mass is 794 g/mol. The van der Waals surface area contributed by atoms with Crippen molar-refractivity contribution in [3.8, 4) is 33.8 Å². The van der Waals surface area contributed by atoms with Crippen molar-refractivity contribution in [2.75, 3.05) is 13.1 Å². The Morgan fingerprint density at radius 1 is 0.684 bits per heavy atom. The first-order valence-corrected chi connectivity index (χ1v) is 21.2. The van der Waals surface area contributed by atoms with Crippen LogP contribution < -0.4 is 4.72 Å². The fourth-order valence-electron chi connectivity index (χ4n) is 8.14. The van der Waals surface area contributed by atoms with E-state index in [9.17, 15) is 18.0 Å². The highest BCUT2D eigenvalue weighted by atomic mass is 35.5. The number of sulfonamides is 1. The van der Waals surface area contributed by atoms with Gasteiger partial charge in [0, 0.05) is 46.4 Å². The van der Waals surface area contributed by atoms with Crippen LogP contribution in [0.3, 0.4) is 0 Å². The Labute approximate surface area is 335 Å². The van der Waals surface area contributed by atoms with Crippen molar-refractivity contribution in [2.24, 2.45) is 0 Å². The summed E-state index contributed by atoms with van der Waals surface area (Å²) in [5.41, 5.74) is 7.82. The number of nitrogens with one attached hydrogen (secondary N) is 1. The van der Waals surface area contributed by atoms with Gasteiger partial charge in [-0.15, -0.1) is 0 Å². The number of rotatable bonds is 8. The molecule has 12 heteroatoms. The van der Waals surface area contributed by atoms with Crippen LogP contribution in [-0.2, 0) is 10.0 Å². The van der Waals surface area contributed by atoms with Gasteiger partial charge in [0.05, 0.1) is 38.9 Å². The molecule has 1 saturated heterocycles. The lowest BCUT2D eigenvalue weighted by atomic mass is 9.94. The minimum absolute atomic E-state index is 0.0120. The lowest BCUT2D eigenvalue weighted by Gasteiger charge is -2.25. The van der Waals surface area contributed by atoms with Crippen LogP contribution in [0.25, 0.3) is 55.8 Å². The largest absolute Gasteiger partial charge is 0.339 e. The minimum atomic E-state index is -4.05. The molecule has 1 saturated carbocycles. The van der Waals surface area contributed by atoms with E-state index in [1.165, 1.54) is 18.6 Å². The first-order valence-electron chi connectivity index (χ1n) is 19.3. The number of amides is 2. The molecule has 1 N–H and O–H groups in total. The second kappa shape index (κ2) is 15.2. The standard InChI is InChI=1S/C45H39ClN6O4S/c46-33-18-13-29(14-19-33)36-20-15-32(45(54)51-23-7-8-24-51)25-37(36)41-28-47-39-26-30(16-21-38(39)48-41)43-49-40-27-31(17-22-42(40)52(43)34-9-3-1-4-10-34)44(53)50-57(55,56)35-11-5-2-6-12-35/h2,5-6,11-22,25-28,34H,1,3-4,7-10,23-24H2,(H,50,53). The molecule has 2 fully saturated rings. The molecule has 1 aliphatic heterocycles. The van der Waals surface area contributed by atoms with Crippen LogP contribution in [0, 0.1) is 0 Å². The maximum atomic E-state index is 13.5. The zero-order valence-corrected chi connectivity index (χ0v) is 32.6. The van der Waals surface area contributed by atoms with Crippen LogP contribution >= 0.6 is 11.6 Å². The van der Waals surface area contributed by atoms with Gasteiger partial charge in [-0.25, -0.2) is 23.1 Å². The Balaban J connectivity index is 1.09. The maximum absolute atomic E-state index is 13.5. The molecule has 0 unspecified atom stereocenters. The van der Waals surface area contributed by atoms with E-state index in [-0.39, 0.29) is 22.4 Å². The highest BCUT2D eigenvalue weighted by Crippen LogP contribution is 2.38. The predicted molar refractivity (Wildman–Crippen MR) is 223 cm³/mol. The zero-order chi connectivity index (χ0) is 39.1. The van der Waals surface area contributed by atoms with Gasteiger partial charge in [0.2, 0.25) is 0 Å². The van der Waals surface area contributed by atoms with Gasteiger partial charge in [-0.05, 0) is 110 Å². The third-order valence-corrected chi connectivity index (χ3v) is 12.7. The predicted octanol–water partition coefficient (Wildman–Crippen LogP) is 9.49. The quantitative estimate of drug-likeness (QED) is 0.162. The first-order chi connectivity index (χ1) is 27.7. The van der Waals surface area contributed by atoms with Gasteiger partial charge in [0.1, 0.15) is 5.82 Å². The molecule has 10 nitrogen and oxygen atoms in total. The first kappa shape index (κ1) is 36.7. The van der Waals surface area contributed by atoms with E-state index in [2.05, 4.69) is 9.29 Å². The van der Waals surface area contributed by atoms with E-state index in [0.717, 1.165) is 85.2 Å². The molecule has 3 heterocycles. The average Bonchev–Trinajstić information content (AvgIpc) is 3.93. The number of halogens is 1. The number of carbonyl (C=O) groups excluding carboxylic acids is 2. The van der Waals surface area contributed by atoms with Crippen molar-refractivity contribution >= 4 is 55.5 Å². The van der Waals surface area contributed by atoms with Gasteiger partial charge < -0.3 is 9.47 Å². The van der Waals surface area contributed by atoms with E-state index in [0.29, 0.717) is 32.8 Å². The van der Waals surface area contributed by atoms with Crippen LogP contribution in [0.1, 0.15) is 71.7 Å². The molecular weight excluding hydrogens is 756 g/mol. The molecule has 5 aromatic carbocycles. The molecule has 0 bridgehead atoms. The third kappa shape index (κ3) is 7.29. The molecule has 286 valence electrons. The Bertz CT molecular complexity index is 2780. The summed E-state index contributed by atoms with van der Waals surface area (Å²) in [6.07, 6.45) is 9.18. The van der Waals surface area contributed by atoms with Crippen molar-refractivity contribution in [1.29, 1.82) is 0 Å². The Morgan fingerprint density at radius 2 is 1.42 bits per heavy atom. The molecule has 2 aliphatic rings. The number of likely N-dealkylation sites (tertiary alicyclic amines) is 1. The molecular formula is C45H39ClN6O4S. The van der Waals surface area contributed by atoms with Gasteiger partial charge in [0.15, 0.2) is 0 Å². The van der Waals surface area contributed by atoms with Crippen LogP contribution in [-0.4, -0.2) is 57.7 Å². The number of benzene rings is 5. The van der Waals surface area contributed by atoms with Gasteiger partial charge in [-0.2, -0.15) is 0 Å². The lowest BCUT2D eigenvalue weighted by molar-refractivity contribution is 0.0792. The summed E-state index contributed by atoms with van der Waals surface area (Å²) in [4.78, 5) is 43.8. The second-order valence-electron chi connectivity index (χ2n) is 14.8. The maximum Gasteiger partial charge on any atom is 0.265 e. The van der Waals surface area contributed by atoms with Gasteiger partial charge in [-0.3, -0.25) is 14.6 Å². The van der Waals surface area contributed by atoms with E-state index >= 15 is 0 Å². The zero-order valence-electron chi connectivity index (χ0n) is 31.1. The van der Waals surface area contributed by atoms with Crippen LogP contribution in [0.4, 0.5) is 0 Å². The number of fused-ring (bicyclic) bond motifs is 2. The Morgan fingerprint density at radius 3 is 2.19 bits per heavy atom. The molecule has 0 radical (unpaired) electrons. The molecule has 1 aliphatic carbocycles. The van der Waals surface area contributed by atoms with Crippen molar-refractivity contribution < 1.29 is 18.0 Å². The summed E-state index contributed by atoms with van der Waals surface area (Å²) in [6.45, 7) is 1.52. The molecule has 7 aromatic rings. The Kier molecular flexibility index (Phi) is 9.80. The van der Waals surface area contributed by atoms with Crippen LogP contribution in [0.5, 0.6) is 0 Å². The smallest absolute Gasteiger partial charge is 0.265 e. The van der Waals surface area contributed by atoms with Crippen molar-refractivity contribution in [3.05, 3.63) is 132 Å². The third-order valence-electron chi connectivity index (χ3n) is 11.1. The number of carbonyl (C=O) groups is 2. The molecule has 0 spiro atoms. The SMILES string of the molecule is O=C(NS(=O)(=O)c1ccccc1)c1ccc2c(c1)nc(-c1ccc3nc(-c4cc(C(=O)N5CCCC5)ccc4-c4ccc(Cl)cc4)cnc3c1)n2C1CCCCC1. The summed E-state index contributed by atoms with van der Waals surface area (Å²) < 4.78 is 30.3. The topological polar surface area (TPSA) is 127 Å². The van der Waals surface area contributed by atoms with Gasteiger partial charge in [0.25, 0.3) is 21.8 Å². The fraction of sp³-hybridized carbons (Fsp3) is 0.222. The second-order valence-corrected chi connectivity index (χ2v) is 16.9. The number of hydrogen-bond donors (Lipinski definition) is 1. The summed E-state index contributed by atoms with van der Waals surface area (Å²) in [7, 11) is -4.05. The molecule has 0 atom stereocenters. The molecule has 2 aromatic heterocycles. The molecule has 2 amide bonds. The normalized spacial score (nSPS) is 15.0. The number of imidazole rings is 1. The average molecular weight is 795 g/mol. The van der Waals surface area contributed by atoms with Gasteiger partial charge in [-0.1, -0.05) is 67.3 Å². The van der Waals surface area contributed by atoms with E-state index < -0.39 is 15.9 Å². The minimum Gasteiger partial charge on any atom is -0.339 e. The number of nitrogens with zero attached hydrogens (tertiary/aromatic N) is 5. The van der Waals surface area contributed by atoms with E-state index in [4.69, 9.17) is 26.6 Å². The summed E-state index contributed by atoms with van der Waals surface area (Å²) in [5, 5.41) is 0.639. The number of hydrogen-bond acceptors (Lipinski definition) is 7. The summed E-state index contributed by atoms with van der Waals surface area (Å²) in [6, 6.07) is 32.5. The van der Waals surface area contributed by atoms with Crippen molar-refractivity contribution in [2.45, 2.75) is 55.9 Å². The Hall–Kier alpha value is -5.91. The highest BCUT2D eigenvalue weighted by Gasteiger charge is 2.26. The lowest BCUT2D eigenvalue weighted by Crippen LogP contribution is -2.30. The van der Waals surface area contributed by atoms with E-state index in [1.807, 2.05) is 71.6 Å². The molecule has 57 heavy (non-hydrogen) atoms. The van der Waals surface area contributed by atoms with Gasteiger partial charge >= 0.3 is 0 Å². The number of aromatic nitrogens is 4. The highest BCUT2D eigenvalue weighted by molar-refractivity contribution is 7.90.